The van der Waals surface area contributed by atoms with Crippen LogP contribution in [-0.4, -0.2) is 66.9 Å². The van der Waals surface area contributed by atoms with Crippen LogP contribution in [-0.2, 0) is 9.59 Å². The predicted molar refractivity (Wildman–Crippen MR) is 93.5 cm³/mol. The van der Waals surface area contributed by atoms with Crippen LogP contribution in [0, 0.1) is 11.7 Å². The van der Waals surface area contributed by atoms with Gasteiger partial charge < -0.3 is 15.5 Å². The standard InChI is InChI=1S/C18H25FN4O2/c1-13(23-7-6-14(12-23)17(20)24)18(25)22-10-8-21(9-11-22)16-4-2-15(19)3-5-16/h2-5,13-14H,6-12H2,1H3,(H2,20,24). The lowest BCUT2D eigenvalue weighted by atomic mass is 10.1. The molecule has 0 aliphatic carbocycles. The van der Waals surface area contributed by atoms with Crippen molar-refractivity contribution >= 4 is 17.5 Å². The van der Waals surface area contributed by atoms with Crippen LogP contribution in [0.4, 0.5) is 10.1 Å². The molecule has 2 atom stereocenters. The Morgan fingerprint density at radius 2 is 1.76 bits per heavy atom. The molecule has 3 rings (SSSR count). The predicted octanol–water partition coefficient (Wildman–Crippen LogP) is 0.670. The monoisotopic (exact) mass is 348 g/mol. The Bertz CT molecular complexity index is 628. The van der Waals surface area contributed by atoms with E-state index in [1.54, 1.807) is 12.1 Å². The Morgan fingerprint density at radius 1 is 1.12 bits per heavy atom. The summed E-state index contributed by atoms with van der Waals surface area (Å²) in [5.41, 5.74) is 6.35. The summed E-state index contributed by atoms with van der Waals surface area (Å²) >= 11 is 0. The largest absolute Gasteiger partial charge is 0.369 e. The third kappa shape index (κ3) is 3.92. The molecular formula is C18H25FN4O2. The van der Waals surface area contributed by atoms with Crippen LogP contribution in [0.3, 0.4) is 0 Å². The lowest BCUT2D eigenvalue weighted by molar-refractivity contribution is -0.136. The number of likely N-dealkylation sites (tertiary alicyclic amines) is 1. The molecule has 0 spiro atoms. The van der Waals surface area contributed by atoms with Crippen molar-refractivity contribution < 1.29 is 14.0 Å². The molecular weight excluding hydrogens is 323 g/mol. The first-order chi connectivity index (χ1) is 12.0. The second-order valence-electron chi connectivity index (χ2n) is 6.85. The van der Waals surface area contributed by atoms with Crippen LogP contribution < -0.4 is 10.6 Å². The van der Waals surface area contributed by atoms with Crippen molar-refractivity contribution in [1.82, 2.24) is 9.80 Å². The topological polar surface area (TPSA) is 69.9 Å². The molecule has 7 heteroatoms. The summed E-state index contributed by atoms with van der Waals surface area (Å²) in [5, 5.41) is 0. The van der Waals surface area contributed by atoms with Crippen molar-refractivity contribution in [2.75, 3.05) is 44.2 Å². The van der Waals surface area contributed by atoms with E-state index in [1.807, 2.05) is 16.7 Å². The summed E-state index contributed by atoms with van der Waals surface area (Å²) in [7, 11) is 0. The van der Waals surface area contributed by atoms with E-state index in [1.165, 1.54) is 12.1 Å². The average Bonchev–Trinajstić information content (AvgIpc) is 3.12. The van der Waals surface area contributed by atoms with E-state index in [2.05, 4.69) is 4.90 Å². The number of piperazine rings is 1. The zero-order chi connectivity index (χ0) is 18.0. The van der Waals surface area contributed by atoms with Crippen molar-refractivity contribution in [3.8, 4) is 0 Å². The molecule has 0 radical (unpaired) electrons. The maximum absolute atomic E-state index is 13.0. The number of nitrogens with zero attached hydrogens (tertiary/aromatic N) is 3. The number of carbonyl (C=O) groups excluding carboxylic acids is 2. The van der Waals surface area contributed by atoms with Gasteiger partial charge >= 0.3 is 0 Å². The Labute approximate surface area is 147 Å². The van der Waals surface area contributed by atoms with Gasteiger partial charge in [0, 0.05) is 38.4 Å². The molecule has 1 aromatic carbocycles. The zero-order valence-electron chi connectivity index (χ0n) is 14.5. The van der Waals surface area contributed by atoms with Crippen LogP contribution >= 0.6 is 0 Å². The number of benzene rings is 1. The fourth-order valence-electron chi connectivity index (χ4n) is 3.63. The fourth-order valence-corrected chi connectivity index (χ4v) is 3.63. The Balaban J connectivity index is 1.53. The van der Waals surface area contributed by atoms with E-state index in [-0.39, 0.29) is 29.6 Å². The molecule has 25 heavy (non-hydrogen) atoms. The second-order valence-corrected chi connectivity index (χ2v) is 6.85. The molecule has 0 saturated carbocycles. The van der Waals surface area contributed by atoms with E-state index >= 15 is 0 Å². The number of hydrogen-bond acceptors (Lipinski definition) is 4. The third-order valence-electron chi connectivity index (χ3n) is 5.31. The Kier molecular flexibility index (Phi) is 5.22. The first-order valence-electron chi connectivity index (χ1n) is 8.78. The van der Waals surface area contributed by atoms with E-state index < -0.39 is 0 Å². The first kappa shape index (κ1) is 17.7. The number of hydrogen-bond donors (Lipinski definition) is 1. The quantitative estimate of drug-likeness (QED) is 0.868. The molecule has 6 nitrogen and oxygen atoms in total. The van der Waals surface area contributed by atoms with Gasteiger partial charge in [-0.25, -0.2) is 4.39 Å². The van der Waals surface area contributed by atoms with Gasteiger partial charge in [0.05, 0.1) is 12.0 Å². The van der Waals surface area contributed by atoms with Crippen LogP contribution in [0.15, 0.2) is 24.3 Å². The summed E-state index contributed by atoms with van der Waals surface area (Å²) in [5.74, 6) is -0.573. The molecule has 2 heterocycles. The maximum Gasteiger partial charge on any atom is 0.239 e. The van der Waals surface area contributed by atoms with Gasteiger partial charge in [0.15, 0.2) is 0 Å². The summed E-state index contributed by atoms with van der Waals surface area (Å²) < 4.78 is 13.0. The SMILES string of the molecule is CC(C(=O)N1CCN(c2ccc(F)cc2)CC1)N1CCC(C(N)=O)C1. The Hall–Kier alpha value is -2.15. The van der Waals surface area contributed by atoms with Crippen molar-refractivity contribution in [3.63, 3.8) is 0 Å². The number of nitrogens with two attached hydrogens (primary N) is 1. The van der Waals surface area contributed by atoms with Crippen molar-refractivity contribution in [3.05, 3.63) is 30.1 Å². The van der Waals surface area contributed by atoms with E-state index in [4.69, 9.17) is 5.73 Å². The van der Waals surface area contributed by atoms with Crippen molar-refractivity contribution in [2.45, 2.75) is 19.4 Å². The van der Waals surface area contributed by atoms with Gasteiger partial charge in [0.1, 0.15) is 5.82 Å². The van der Waals surface area contributed by atoms with Crippen molar-refractivity contribution in [1.29, 1.82) is 0 Å². The second kappa shape index (κ2) is 7.39. The number of amides is 2. The van der Waals surface area contributed by atoms with E-state index in [0.717, 1.165) is 31.7 Å². The normalized spacial score (nSPS) is 22.9. The molecule has 2 aliphatic rings. The summed E-state index contributed by atoms with van der Waals surface area (Å²) in [6.07, 6.45) is 0.727. The first-order valence-corrected chi connectivity index (χ1v) is 8.78. The molecule has 0 bridgehead atoms. The number of carbonyl (C=O) groups is 2. The highest BCUT2D eigenvalue weighted by Gasteiger charge is 2.34. The molecule has 136 valence electrons. The third-order valence-corrected chi connectivity index (χ3v) is 5.31. The van der Waals surface area contributed by atoms with Gasteiger partial charge in [-0.1, -0.05) is 0 Å². The van der Waals surface area contributed by atoms with Crippen LogP contribution in [0.5, 0.6) is 0 Å². The smallest absolute Gasteiger partial charge is 0.239 e. The zero-order valence-corrected chi connectivity index (χ0v) is 14.5. The van der Waals surface area contributed by atoms with Gasteiger partial charge in [0.25, 0.3) is 0 Å². The summed E-state index contributed by atoms with van der Waals surface area (Å²) in [6, 6.07) is 6.21. The summed E-state index contributed by atoms with van der Waals surface area (Å²) in [6.45, 7) is 5.95. The van der Waals surface area contributed by atoms with Gasteiger partial charge in [-0.15, -0.1) is 0 Å². The van der Waals surface area contributed by atoms with Crippen LogP contribution in [0.2, 0.25) is 0 Å². The number of anilines is 1. The molecule has 2 fully saturated rings. The highest BCUT2D eigenvalue weighted by Crippen LogP contribution is 2.21. The van der Waals surface area contributed by atoms with E-state index in [0.29, 0.717) is 19.6 Å². The maximum atomic E-state index is 13.0. The molecule has 2 aliphatic heterocycles. The average molecular weight is 348 g/mol. The fraction of sp³-hybridized carbons (Fsp3) is 0.556. The molecule has 0 aromatic heterocycles. The number of primary amides is 1. The lowest BCUT2D eigenvalue weighted by Gasteiger charge is -2.38. The minimum Gasteiger partial charge on any atom is -0.369 e. The highest BCUT2D eigenvalue weighted by molar-refractivity contribution is 5.82. The molecule has 2 N–H and O–H groups in total. The summed E-state index contributed by atoms with van der Waals surface area (Å²) in [4.78, 5) is 30.1. The van der Waals surface area contributed by atoms with Gasteiger partial charge in [-0.05, 0) is 44.2 Å². The minimum absolute atomic E-state index is 0.101. The lowest BCUT2D eigenvalue weighted by Crippen LogP contribution is -2.54. The van der Waals surface area contributed by atoms with Crippen LogP contribution in [0.25, 0.3) is 0 Å². The molecule has 2 amide bonds. The van der Waals surface area contributed by atoms with Gasteiger partial charge in [-0.2, -0.15) is 0 Å². The molecule has 2 unspecified atom stereocenters. The van der Waals surface area contributed by atoms with Crippen LogP contribution in [0.1, 0.15) is 13.3 Å². The Morgan fingerprint density at radius 3 is 2.32 bits per heavy atom. The van der Waals surface area contributed by atoms with Gasteiger partial charge in [0.2, 0.25) is 11.8 Å². The molecule has 2 saturated heterocycles. The molecule has 1 aromatic rings. The number of rotatable bonds is 4. The van der Waals surface area contributed by atoms with Crippen molar-refractivity contribution in [2.24, 2.45) is 11.7 Å². The van der Waals surface area contributed by atoms with Gasteiger partial charge in [-0.3, -0.25) is 14.5 Å². The number of halogens is 1. The highest BCUT2D eigenvalue weighted by atomic mass is 19.1. The van der Waals surface area contributed by atoms with E-state index in [9.17, 15) is 14.0 Å². The minimum atomic E-state index is -0.282.